The van der Waals surface area contributed by atoms with E-state index in [1.807, 2.05) is 20.2 Å². The van der Waals surface area contributed by atoms with Gasteiger partial charge in [-0.1, -0.05) is 0 Å². The van der Waals surface area contributed by atoms with Gasteiger partial charge in [0.1, 0.15) is 18.0 Å². The number of nitrogens with zero attached hydrogens (tertiary/aromatic N) is 3. The van der Waals surface area contributed by atoms with E-state index in [0.29, 0.717) is 0 Å². The fourth-order valence-electron chi connectivity index (χ4n) is 2.39. The maximum Gasteiger partial charge on any atom is 0.134 e. The molecule has 1 atom stereocenters. The third kappa shape index (κ3) is 3.06. The van der Waals surface area contributed by atoms with Crippen LogP contribution in [0.2, 0.25) is 0 Å². The molecule has 0 aliphatic carbocycles. The molecule has 1 aromatic rings. The Kier molecular flexibility index (Phi) is 4.14. The highest BCUT2D eigenvalue weighted by Gasteiger charge is 2.20. The number of rotatable bonds is 4. The van der Waals surface area contributed by atoms with E-state index >= 15 is 0 Å². The quantitative estimate of drug-likeness (QED) is 0.814. The summed E-state index contributed by atoms with van der Waals surface area (Å²) in [5, 5.41) is 6.31. The fraction of sp³-hybridized carbons (Fsp3) is 0.667. The number of anilines is 2. The zero-order valence-corrected chi connectivity index (χ0v) is 10.6. The van der Waals surface area contributed by atoms with Crippen LogP contribution >= 0.6 is 0 Å². The second-order valence-corrected chi connectivity index (χ2v) is 4.52. The highest BCUT2D eigenvalue weighted by molar-refractivity contribution is 5.48. The molecule has 0 radical (unpaired) electrons. The Morgan fingerprint density at radius 3 is 3.06 bits per heavy atom. The van der Waals surface area contributed by atoms with Crippen molar-refractivity contribution in [1.82, 2.24) is 15.3 Å². The third-order valence-corrected chi connectivity index (χ3v) is 3.24. The van der Waals surface area contributed by atoms with Gasteiger partial charge in [0.2, 0.25) is 0 Å². The van der Waals surface area contributed by atoms with Gasteiger partial charge in [0.05, 0.1) is 0 Å². The Balaban J connectivity index is 2.05. The predicted molar refractivity (Wildman–Crippen MR) is 70.4 cm³/mol. The maximum absolute atomic E-state index is 4.36. The Labute approximate surface area is 103 Å². The van der Waals surface area contributed by atoms with Crippen molar-refractivity contribution >= 4 is 11.6 Å². The van der Waals surface area contributed by atoms with Gasteiger partial charge in [-0.2, -0.15) is 0 Å². The van der Waals surface area contributed by atoms with Crippen molar-refractivity contribution in [3.05, 3.63) is 12.4 Å². The molecule has 0 saturated carbocycles. The normalized spacial score (nSPS) is 20.4. The standard InChI is InChI=1S/C12H21N5/c1-13-7-10-4-3-5-17(8-10)12-6-11(14-2)15-9-16-12/h6,9-10,13H,3-5,7-8H2,1-2H3,(H,14,15,16). The molecule has 0 aromatic carbocycles. The molecular formula is C12H21N5. The molecule has 0 bridgehead atoms. The Hall–Kier alpha value is -1.36. The fourth-order valence-corrected chi connectivity index (χ4v) is 2.39. The molecule has 2 heterocycles. The highest BCUT2D eigenvalue weighted by Crippen LogP contribution is 2.22. The van der Waals surface area contributed by atoms with E-state index in [0.717, 1.165) is 37.2 Å². The van der Waals surface area contributed by atoms with Gasteiger partial charge in [-0.3, -0.25) is 0 Å². The van der Waals surface area contributed by atoms with Crippen LogP contribution < -0.4 is 15.5 Å². The van der Waals surface area contributed by atoms with Gasteiger partial charge in [-0.25, -0.2) is 9.97 Å². The molecule has 1 fully saturated rings. The summed E-state index contributed by atoms with van der Waals surface area (Å²) >= 11 is 0. The van der Waals surface area contributed by atoms with Crippen molar-refractivity contribution in [2.45, 2.75) is 12.8 Å². The lowest BCUT2D eigenvalue weighted by atomic mass is 9.98. The van der Waals surface area contributed by atoms with E-state index in [1.54, 1.807) is 6.33 Å². The summed E-state index contributed by atoms with van der Waals surface area (Å²) in [7, 11) is 3.90. The first-order valence-electron chi connectivity index (χ1n) is 6.23. The SMILES string of the molecule is CNCC1CCCN(c2cc(NC)ncn2)C1. The number of aromatic nitrogens is 2. The minimum atomic E-state index is 0.724. The molecule has 1 aliphatic rings. The van der Waals surface area contributed by atoms with Crippen LogP contribution in [0, 0.1) is 5.92 Å². The van der Waals surface area contributed by atoms with Crippen LogP contribution in [0.1, 0.15) is 12.8 Å². The third-order valence-electron chi connectivity index (χ3n) is 3.24. The molecule has 2 rings (SSSR count). The lowest BCUT2D eigenvalue weighted by Crippen LogP contribution is -2.39. The Bertz CT molecular complexity index is 353. The molecular weight excluding hydrogens is 214 g/mol. The van der Waals surface area contributed by atoms with Gasteiger partial charge in [0, 0.05) is 26.2 Å². The van der Waals surface area contributed by atoms with Gasteiger partial charge in [0.15, 0.2) is 0 Å². The van der Waals surface area contributed by atoms with Gasteiger partial charge in [-0.15, -0.1) is 0 Å². The largest absolute Gasteiger partial charge is 0.373 e. The molecule has 0 spiro atoms. The number of piperidine rings is 1. The predicted octanol–water partition coefficient (Wildman–Crippen LogP) is 0.954. The Morgan fingerprint density at radius 2 is 2.29 bits per heavy atom. The maximum atomic E-state index is 4.36. The average molecular weight is 235 g/mol. The molecule has 1 saturated heterocycles. The first kappa shape index (κ1) is 12.1. The molecule has 2 N–H and O–H groups in total. The summed E-state index contributed by atoms with van der Waals surface area (Å²) in [6, 6.07) is 2.02. The van der Waals surface area contributed by atoms with Crippen molar-refractivity contribution in [3.8, 4) is 0 Å². The molecule has 1 unspecified atom stereocenters. The molecule has 0 amide bonds. The van der Waals surface area contributed by atoms with Gasteiger partial charge in [-0.05, 0) is 32.4 Å². The molecule has 1 aliphatic heterocycles. The highest BCUT2D eigenvalue weighted by atomic mass is 15.2. The summed E-state index contributed by atoms with van der Waals surface area (Å²) in [5.41, 5.74) is 0. The van der Waals surface area contributed by atoms with Crippen molar-refractivity contribution in [2.75, 3.05) is 43.9 Å². The van der Waals surface area contributed by atoms with Crippen molar-refractivity contribution in [3.63, 3.8) is 0 Å². The number of hydrogen-bond donors (Lipinski definition) is 2. The van der Waals surface area contributed by atoms with E-state index in [4.69, 9.17) is 0 Å². The zero-order valence-electron chi connectivity index (χ0n) is 10.6. The lowest BCUT2D eigenvalue weighted by molar-refractivity contribution is 0.401. The summed E-state index contributed by atoms with van der Waals surface area (Å²) < 4.78 is 0. The van der Waals surface area contributed by atoms with Crippen molar-refractivity contribution in [2.24, 2.45) is 5.92 Å². The number of nitrogens with one attached hydrogen (secondary N) is 2. The molecule has 5 heteroatoms. The minimum absolute atomic E-state index is 0.724. The molecule has 94 valence electrons. The van der Waals surface area contributed by atoms with Crippen LogP contribution in [0.3, 0.4) is 0 Å². The van der Waals surface area contributed by atoms with Crippen LogP contribution in [0.25, 0.3) is 0 Å². The van der Waals surface area contributed by atoms with Gasteiger partial charge >= 0.3 is 0 Å². The van der Waals surface area contributed by atoms with Crippen LogP contribution in [0.4, 0.5) is 11.6 Å². The topological polar surface area (TPSA) is 53.1 Å². The van der Waals surface area contributed by atoms with E-state index < -0.39 is 0 Å². The first-order valence-corrected chi connectivity index (χ1v) is 6.23. The first-order chi connectivity index (χ1) is 8.33. The smallest absolute Gasteiger partial charge is 0.134 e. The molecule has 17 heavy (non-hydrogen) atoms. The Morgan fingerprint density at radius 1 is 1.41 bits per heavy atom. The minimum Gasteiger partial charge on any atom is -0.373 e. The van der Waals surface area contributed by atoms with E-state index in [9.17, 15) is 0 Å². The second-order valence-electron chi connectivity index (χ2n) is 4.52. The summed E-state index contributed by atoms with van der Waals surface area (Å²) in [4.78, 5) is 10.9. The van der Waals surface area contributed by atoms with E-state index in [2.05, 4.69) is 25.5 Å². The molecule has 1 aromatic heterocycles. The van der Waals surface area contributed by atoms with Crippen LogP contribution in [0.15, 0.2) is 12.4 Å². The molecule has 5 nitrogen and oxygen atoms in total. The van der Waals surface area contributed by atoms with Gasteiger partial charge in [0.25, 0.3) is 0 Å². The van der Waals surface area contributed by atoms with Crippen molar-refractivity contribution in [1.29, 1.82) is 0 Å². The summed E-state index contributed by atoms with van der Waals surface area (Å²) in [6.07, 6.45) is 4.18. The summed E-state index contributed by atoms with van der Waals surface area (Å²) in [5.74, 6) is 2.64. The second kappa shape index (κ2) is 5.82. The lowest BCUT2D eigenvalue weighted by Gasteiger charge is -2.33. The average Bonchev–Trinajstić information content (AvgIpc) is 2.40. The monoisotopic (exact) mass is 235 g/mol. The van der Waals surface area contributed by atoms with Crippen LogP contribution in [-0.4, -0.2) is 43.7 Å². The van der Waals surface area contributed by atoms with E-state index in [1.165, 1.54) is 12.8 Å². The van der Waals surface area contributed by atoms with Gasteiger partial charge < -0.3 is 15.5 Å². The van der Waals surface area contributed by atoms with E-state index in [-0.39, 0.29) is 0 Å². The zero-order chi connectivity index (χ0) is 12.1. The van der Waals surface area contributed by atoms with Crippen LogP contribution in [-0.2, 0) is 0 Å². The van der Waals surface area contributed by atoms with Crippen LogP contribution in [0.5, 0.6) is 0 Å². The van der Waals surface area contributed by atoms with Crippen molar-refractivity contribution < 1.29 is 0 Å². The number of hydrogen-bond acceptors (Lipinski definition) is 5. The summed E-state index contributed by atoms with van der Waals surface area (Å²) in [6.45, 7) is 3.27.